The summed E-state index contributed by atoms with van der Waals surface area (Å²) in [6.45, 7) is 5.32. The lowest BCUT2D eigenvalue weighted by Crippen LogP contribution is -2.28. The zero-order valence-electron chi connectivity index (χ0n) is 11.9. The first-order valence-electron chi connectivity index (χ1n) is 6.86. The summed E-state index contributed by atoms with van der Waals surface area (Å²) in [6, 6.07) is 7.67. The normalized spacial score (nSPS) is 10.8. The molecule has 1 amide bonds. The lowest BCUT2D eigenvalue weighted by Gasteiger charge is -2.07. The van der Waals surface area contributed by atoms with E-state index in [0.717, 1.165) is 11.4 Å². The van der Waals surface area contributed by atoms with E-state index in [0.29, 0.717) is 25.4 Å². The van der Waals surface area contributed by atoms with Gasteiger partial charge in [-0.15, -0.1) is 0 Å². The Kier molecular flexibility index (Phi) is 4.87. The highest BCUT2D eigenvalue weighted by Crippen LogP contribution is 2.12. The lowest BCUT2D eigenvalue weighted by molar-refractivity contribution is -0.121. The maximum atomic E-state index is 11.5. The molecule has 0 bridgehead atoms. The van der Waals surface area contributed by atoms with E-state index < -0.39 is 0 Å². The Labute approximate surface area is 119 Å². The van der Waals surface area contributed by atoms with E-state index in [1.54, 1.807) is 6.20 Å². The second kappa shape index (κ2) is 6.84. The van der Waals surface area contributed by atoms with E-state index in [2.05, 4.69) is 15.4 Å². The van der Waals surface area contributed by atoms with Crippen molar-refractivity contribution in [2.75, 3.05) is 6.54 Å². The van der Waals surface area contributed by atoms with E-state index >= 15 is 0 Å². The van der Waals surface area contributed by atoms with Crippen molar-refractivity contribution < 1.29 is 4.79 Å². The number of rotatable bonds is 6. The van der Waals surface area contributed by atoms with Gasteiger partial charge in [-0.05, 0) is 24.1 Å². The Bertz CT molecular complexity index is 548. The van der Waals surface area contributed by atoms with E-state index in [1.807, 2.05) is 49.0 Å². The maximum absolute atomic E-state index is 11.5. The Morgan fingerprint density at radius 1 is 1.30 bits per heavy atom. The molecule has 106 valence electrons. The summed E-state index contributed by atoms with van der Waals surface area (Å²) in [7, 11) is 0. The molecule has 2 aromatic heterocycles. The molecule has 0 fully saturated rings. The van der Waals surface area contributed by atoms with Gasteiger partial charge in [-0.25, -0.2) is 0 Å². The van der Waals surface area contributed by atoms with E-state index in [-0.39, 0.29) is 5.91 Å². The van der Waals surface area contributed by atoms with Crippen LogP contribution in [0.4, 0.5) is 0 Å². The van der Waals surface area contributed by atoms with Gasteiger partial charge in [0.05, 0.1) is 12.2 Å². The summed E-state index contributed by atoms with van der Waals surface area (Å²) in [5, 5.41) is 7.34. The van der Waals surface area contributed by atoms with Crippen molar-refractivity contribution in [3.8, 4) is 11.4 Å². The Balaban J connectivity index is 1.83. The fourth-order valence-electron chi connectivity index (χ4n) is 1.89. The summed E-state index contributed by atoms with van der Waals surface area (Å²) in [5.41, 5.74) is 1.70. The molecule has 0 radical (unpaired) electrons. The second-order valence-electron chi connectivity index (χ2n) is 5.13. The zero-order chi connectivity index (χ0) is 14.4. The average molecular weight is 272 g/mol. The van der Waals surface area contributed by atoms with Crippen LogP contribution in [0, 0.1) is 5.92 Å². The number of nitrogens with zero attached hydrogens (tertiary/aromatic N) is 3. The Morgan fingerprint density at radius 2 is 2.15 bits per heavy atom. The number of nitrogens with one attached hydrogen (secondary N) is 1. The van der Waals surface area contributed by atoms with Gasteiger partial charge >= 0.3 is 0 Å². The highest BCUT2D eigenvalue weighted by molar-refractivity contribution is 5.75. The first-order chi connectivity index (χ1) is 9.65. The van der Waals surface area contributed by atoms with Crippen molar-refractivity contribution in [3.05, 3.63) is 36.7 Å². The molecule has 0 saturated carbocycles. The van der Waals surface area contributed by atoms with Crippen LogP contribution in [0.1, 0.15) is 20.3 Å². The van der Waals surface area contributed by atoms with Crippen LogP contribution < -0.4 is 5.32 Å². The number of carbonyl (C=O) groups excluding carboxylic acids is 1. The van der Waals surface area contributed by atoms with Crippen molar-refractivity contribution in [2.24, 2.45) is 5.92 Å². The van der Waals surface area contributed by atoms with Crippen LogP contribution in [0.25, 0.3) is 11.4 Å². The largest absolute Gasteiger partial charge is 0.354 e. The zero-order valence-corrected chi connectivity index (χ0v) is 11.9. The fourth-order valence-corrected chi connectivity index (χ4v) is 1.89. The van der Waals surface area contributed by atoms with Crippen LogP contribution in [-0.4, -0.2) is 27.2 Å². The molecule has 2 rings (SSSR count). The summed E-state index contributed by atoms with van der Waals surface area (Å²) >= 11 is 0. The third kappa shape index (κ3) is 4.19. The minimum atomic E-state index is 0.0945. The van der Waals surface area contributed by atoms with E-state index in [1.165, 1.54) is 0 Å². The smallest absolute Gasteiger partial charge is 0.220 e. The predicted octanol–water partition coefficient (Wildman–Crippen LogP) is 2.11. The van der Waals surface area contributed by atoms with Crippen LogP contribution in [-0.2, 0) is 11.3 Å². The van der Waals surface area contributed by atoms with E-state index in [9.17, 15) is 4.79 Å². The van der Waals surface area contributed by atoms with Crippen LogP contribution in [0.5, 0.6) is 0 Å². The quantitative estimate of drug-likeness (QED) is 0.876. The maximum Gasteiger partial charge on any atom is 0.220 e. The monoisotopic (exact) mass is 272 g/mol. The SMILES string of the molecule is CC(C)CC(=O)NCCn1ccc(-c2ccccn2)n1. The lowest BCUT2D eigenvalue weighted by atomic mass is 10.1. The number of hydrogen-bond donors (Lipinski definition) is 1. The standard InChI is InChI=1S/C15H20N4O/c1-12(2)11-15(20)17-8-10-19-9-6-14(18-19)13-5-3-4-7-16-13/h3-7,9,12H,8,10-11H2,1-2H3,(H,17,20). The number of hydrogen-bond acceptors (Lipinski definition) is 3. The fraction of sp³-hybridized carbons (Fsp3) is 0.400. The van der Waals surface area contributed by atoms with Gasteiger partial charge < -0.3 is 5.32 Å². The summed E-state index contributed by atoms with van der Waals surface area (Å²) in [5.74, 6) is 0.479. The first-order valence-corrected chi connectivity index (χ1v) is 6.86. The predicted molar refractivity (Wildman–Crippen MR) is 77.9 cm³/mol. The highest BCUT2D eigenvalue weighted by atomic mass is 16.1. The Morgan fingerprint density at radius 3 is 2.85 bits per heavy atom. The molecule has 5 nitrogen and oxygen atoms in total. The molecule has 0 aliphatic carbocycles. The molecule has 0 saturated heterocycles. The van der Waals surface area contributed by atoms with Crippen molar-refractivity contribution in [2.45, 2.75) is 26.8 Å². The average Bonchev–Trinajstić information content (AvgIpc) is 2.88. The van der Waals surface area contributed by atoms with Gasteiger partial charge in [0.15, 0.2) is 0 Å². The molecule has 2 aromatic rings. The van der Waals surface area contributed by atoms with Crippen molar-refractivity contribution >= 4 is 5.91 Å². The van der Waals surface area contributed by atoms with Crippen LogP contribution in [0.2, 0.25) is 0 Å². The molecule has 0 atom stereocenters. The molecule has 1 N–H and O–H groups in total. The summed E-state index contributed by atoms with van der Waals surface area (Å²) < 4.78 is 1.82. The topological polar surface area (TPSA) is 59.8 Å². The molecule has 5 heteroatoms. The van der Waals surface area contributed by atoms with Gasteiger partial charge in [0, 0.05) is 25.4 Å². The minimum absolute atomic E-state index is 0.0945. The molecular weight excluding hydrogens is 252 g/mol. The number of carbonyl (C=O) groups is 1. The summed E-state index contributed by atoms with van der Waals surface area (Å²) in [4.78, 5) is 15.8. The molecule has 0 aliphatic rings. The number of pyridine rings is 1. The molecule has 2 heterocycles. The van der Waals surface area contributed by atoms with Gasteiger partial charge in [0.2, 0.25) is 5.91 Å². The first kappa shape index (κ1) is 14.2. The van der Waals surface area contributed by atoms with Crippen molar-refractivity contribution in [1.29, 1.82) is 0 Å². The molecule has 0 spiro atoms. The summed E-state index contributed by atoms with van der Waals surface area (Å²) in [6.07, 6.45) is 4.22. The third-order valence-corrected chi connectivity index (χ3v) is 2.82. The van der Waals surface area contributed by atoms with Crippen molar-refractivity contribution in [3.63, 3.8) is 0 Å². The molecule has 0 aromatic carbocycles. The van der Waals surface area contributed by atoms with Gasteiger partial charge in [-0.1, -0.05) is 19.9 Å². The molecule has 0 aliphatic heterocycles. The van der Waals surface area contributed by atoms with Gasteiger partial charge in [0.1, 0.15) is 5.69 Å². The third-order valence-electron chi connectivity index (χ3n) is 2.82. The van der Waals surface area contributed by atoms with Gasteiger partial charge in [0.25, 0.3) is 0 Å². The number of amides is 1. The van der Waals surface area contributed by atoms with Crippen molar-refractivity contribution in [1.82, 2.24) is 20.1 Å². The second-order valence-corrected chi connectivity index (χ2v) is 5.13. The van der Waals surface area contributed by atoms with E-state index in [4.69, 9.17) is 0 Å². The van der Waals surface area contributed by atoms with Crippen LogP contribution >= 0.6 is 0 Å². The van der Waals surface area contributed by atoms with Gasteiger partial charge in [-0.3, -0.25) is 14.5 Å². The minimum Gasteiger partial charge on any atom is -0.354 e. The molecular formula is C15H20N4O. The molecule has 20 heavy (non-hydrogen) atoms. The van der Waals surface area contributed by atoms with Crippen LogP contribution in [0.3, 0.4) is 0 Å². The Hall–Kier alpha value is -2.17. The number of aromatic nitrogens is 3. The highest BCUT2D eigenvalue weighted by Gasteiger charge is 2.05. The van der Waals surface area contributed by atoms with Gasteiger partial charge in [-0.2, -0.15) is 5.10 Å². The van der Waals surface area contributed by atoms with Crippen LogP contribution in [0.15, 0.2) is 36.7 Å². The molecule has 0 unspecified atom stereocenters.